The van der Waals surface area contributed by atoms with Gasteiger partial charge >= 0.3 is 6.22 Å². The number of halogens is 2. The van der Waals surface area contributed by atoms with Crippen LogP contribution in [0.2, 0.25) is 0 Å². The molecule has 0 rings (SSSR count). The van der Waals surface area contributed by atoms with E-state index in [-0.39, 0.29) is 6.61 Å². The maximum Gasteiger partial charge on any atom is 0.495 e. The van der Waals surface area contributed by atoms with Gasteiger partial charge in [-0.05, 0) is 0 Å². The van der Waals surface area contributed by atoms with Gasteiger partial charge in [0, 0.05) is 0 Å². The van der Waals surface area contributed by atoms with E-state index in [0.717, 1.165) is 0 Å². The highest BCUT2D eigenvalue weighted by Crippen LogP contribution is 1.97. The van der Waals surface area contributed by atoms with Crippen LogP contribution < -0.4 is 0 Å². The van der Waals surface area contributed by atoms with Crippen LogP contribution in [-0.4, -0.2) is 18.2 Å². The first kappa shape index (κ1) is 8.43. The summed E-state index contributed by atoms with van der Waals surface area (Å²) in [5.41, 5.74) is 0. The molecule has 0 aromatic rings. The molecule has 0 amide bonds. The number of alkyl halides is 1. The van der Waals surface area contributed by atoms with Gasteiger partial charge < -0.3 is 4.74 Å². The molecular weight excluding hydrogens is 147 g/mol. The van der Waals surface area contributed by atoms with Gasteiger partial charge in [-0.3, -0.25) is 0 Å². The van der Waals surface area contributed by atoms with Crippen LogP contribution in [0.1, 0.15) is 0 Å². The monoisotopic (exact) mass is 152 g/mol. The van der Waals surface area contributed by atoms with Gasteiger partial charge in [-0.1, -0.05) is 6.08 Å². The molecule has 1 unspecified atom stereocenters. The summed E-state index contributed by atoms with van der Waals surface area (Å²) in [5.74, 6) is 0. The molecule has 0 fully saturated rings. The molecule has 0 aliphatic heterocycles. The first-order valence-electron chi connectivity index (χ1n) is 2.25. The summed E-state index contributed by atoms with van der Waals surface area (Å²) in [4.78, 5) is 9.48. The van der Waals surface area contributed by atoms with E-state index in [1.807, 2.05) is 0 Å². The van der Waals surface area contributed by atoms with E-state index in [1.54, 1.807) is 0 Å². The number of rotatable bonds is 3. The van der Waals surface area contributed by atoms with Crippen molar-refractivity contribution in [2.45, 2.75) is 5.38 Å². The molecule has 4 heteroatoms. The average Bonchev–Trinajstić information content (AvgIpc) is 1.83. The molecule has 0 saturated heterocycles. The molecule has 9 heavy (non-hydrogen) atoms. The van der Waals surface area contributed by atoms with Gasteiger partial charge in [0.05, 0.1) is 5.38 Å². The second-order valence-corrected chi connectivity index (χ2v) is 1.86. The van der Waals surface area contributed by atoms with Crippen LogP contribution in [0.25, 0.3) is 0 Å². The number of carbonyl (C=O) groups is 1. The van der Waals surface area contributed by atoms with Crippen molar-refractivity contribution in [3.8, 4) is 0 Å². The molecule has 0 spiro atoms. The SMILES string of the molecule is C=CC(Cl)COC(=O)F. The highest BCUT2D eigenvalue weighted by atomic mass is 35.5. The van der Waals surface area contributed by atoms with E-state index >= 15 is 0 Å². The zero-order valence-electron chi connectivity index (χ0n) is 4.64. The second kappa shape index (κ2) is 4.32. The lowest BCUT2D eigenvalue weighted by Gasteiger charge is -1.99. The number of carbonyl (C=O) groups excluding carboxylic acids is 1. The molecule has 1 atom stereocenters. The van der Waals surface area contributed by atoms with E-state index in [2.05, 4.69) is 11.3 Å². The van der Waals surface area contributed by atoms with Crippen molar-refractivity contribution >= 4 is 17.8 Å². The van der Waals surface area contributed by atoms with E-state index in [1.165, 1.54) is 6.08 Å². The Morgan fingerprint density at radius 3 is 2.89 bits per heavy atom. The fourth-order valence-corrected chi connectivity index (χ4v) is 0.276. The minimum Gasteiger partial charge on any atom is -0.438 e. The number of hydrogen-bond donors (Lipinski definition) is 0. The molecule has 0 aromatic heterocycles. The van der Waals surface area contributed by atoms with Crippen molar-refractivity contribution in [2.75, 3.05) is 6.61 Å². The van der Waals surface area contributed by atoms with Crippen molar-refractivity contribution in [1.29, 1.82) is 0 Å². The molecular formula is C5H6ClFO2. The third kappa shape index (κ3) is 5.30. The Balaban J connectivity index is 3.26. The van der Waals surface area contributed by atoms with Gasteiger partial charge in [0.15, 0.2) is 0 Å². The predicted octanol–water partition coefficient (Wildman–Crippen LogP) is 1.89. The Labute approximate surface area is 57.3 Å². The summed E-state index contributed by atoms with van der Waals surface area (Å²) in [6.07, 6.45) is -0.465. The van der Waals surface area contributed by atoms with Crippen LogP contribution in [0.3, 0.4) is 0 Å². The van der Waals surface area contributed by atoms with Crippen molar-refractivity contribution in [1.82, 2.24) is 0 Å². The second-order valence-electron chi connectivity index (χ2n) is 1.30. The van der Waals surface area contributed by atoms with Gasteiger partial charge in [-0.25, -0.2) is 4.79 Å². The normalized spacial score (nSPS) is 12.2. The minimum atomic E-state index is -1.82. The van der Waals surface area contributed by atoms with Crippen LogP contribution in [0.4, 0.5) is 9.18 Å². The minimum absolute atomic E-state index is 0.166. The van der Waals surface area contributed by atoms with Gasteiger partial charge in [-0.2, -0.15) is 0 Å². The van der Waals surface area contributed by atoms with Gasteiger partial charge in [-0.15, -0.1) is 22.6 Å². The van der Waals surface area contributed by atoms with Crippen LogP contribution in [0.15, 0.2) is 12.7 Å². The fraction of sp³-hybridized carbons (Fsp3) is 0.400. The Bertz CT molecular complexity index is 116. The maximum absolute atomic E-state index is 11.2. The van der Waals surface area contributed by atoms with Gasteiger partial charge in [0.1, 0.15) is 6.61 Å². The molecule has 0 aromatic carbocycles. The third-order valence-electron chi connectivity index (χ3n) is 0.612. The highest BCUT2D eigenvalue weighted by molar-refractivity contribution is 6.21. The molecule has 52 valence electrons. The molecule has 0 N–H and O–H groups in total. The standard InChI is InChI=1S/C5H6ClFO2/c1-2-4(6)3-9-5(7)8/h2,4H,1,3H2. The summed E-state index contributed by atoms with van der Waals surface area (Å²) in [5, 5.41) is -0.510. The van der Waals surface area contributed by atoms with Gasteiger partial charge in [0.2, 0.25) is 0 Å². The largest absolute Gasteiger partial charge is 0.495 e. The lowest BCUT2D eigenvalue weighted by Crippen LogP contribution is -2.07. The quantitative estimate of drug-likeness (QED) is 0.351. The van der Waals surface area contributed by atoms with E-state index in [9.17, 15) is 9.18 Å². The molecule has 2 nitrogen and oxygen atoms in total. The van der Waals surface area contributed by atoms with Crippen molar-refractivity contribution in [3.63, 3.8) is 0 Å². The van der Waals surface area contributed by atoms with Crippen LogP contribution in [-0.2, 0) is 4.74 Å². The van der Waals surface area contributed by atoms with Crippen LogP contribution >= 0.6 is 11.6 Å². The summed E-state index contributed by atoms with van der Waals surface area (Å²) in [6.45, 7) is 3.13. The number of hydrogen-bond acceptors (Lipinski definition) is 2. The van der Waals surface area contributed by atoms with E-state index < -0.39 is 11.6 Å². The molecule has 0 aliphatic rings. The van der Waals surface area contributed by atoms with Gasteiger partial charge in [0.25, 0.3) is 0 Å². The van der Waals surface area contributed by atoms with Crippen molar-refractivity contribution in [2.24, 2.45) is 0 Å². The number of ether oxygens (including phenoxy) is 1. The maximum atomic E-state index is 11.2. The Kier molecular flexibility index (Phi) is 4.05. The Morgan fingerprint density at radius 2 is 2.56 bits per heavy atom. The molecule has 0 aliphatic carbocycles. The van der Waals surface area contributed by atoms with Crippen LogP contribution in [0.5, 0.6) is 0 Å². The van der Waals surface area contributed by atoms with E-state index in [4.69, 9.17) is 11.6 Å². The van der Waals surface area contributed by atoms with Crippen molar-refractivity contribution in [3.05, 3.63) is 12.7 Å². The smallest absolute Gasteiger partial charge is 0.438 e. The summed E-state index contributed by atoms with van der Waals surface area (Å²) >= 11 is 5.35. The first-order valence-corrected chi connectivity index (χ1v) is 2.69. The summed E-state index contributed by atoms with van der Waals surface area (Å²) in [7, 11) is 0. The Hall–Kier alpha value is -0.570. The molecule has 0 saturated carbocycles. The first-order chi connectivity index (χ1) is 4.16. The summed E-state index contributed by atoms with van der Waals surface area (Å²) in [6, 6.07) is 0. The van der Waals surface area contributed by atoms with Crippen molar-refractivity contribution < 1.29 is 13.9 Å². The molecule has 0 radical (unpaired) electrons. The fourth-order valence-electron chi connectivity index (χ4n) is 0.213. The summed E-state index contributed by atoms with van der Waals surface area (Å²) < 4.78 is 15.1. The zero-order valence-corrected chi connectivity index (χ0v) is 5.40. The topological polar surface area (TPSA) is 26.3 Å². The third-order valence-corrected chi connectivity index (χ3v) is 0.916. The highest BCUT2D eigenvalue weighted by Gasteiger charge is 2.02. The van der Waals surface area contributed by atoms with E-state index in [0.29, 0.717) is 0 Å². The molecule has 0 bridgehead atoms. The zero-order chi connectivity index (χ0) is 7.28. The molecule has 0 heterocycles. The Morgan fingerprint density at radius 1 is 2.00 bits per heavy atom. The lowest BCUT2D eigenvalue weighted by atomic mass is 10.4. The van der Waals surface area contributed by atoms with Crippen LogP contribution in [0, 0.1) is 0 Å². The average molecular weight is 153 g/mol. The predicted molar refractivity (Wildman–Crippen MR) is 32.3 cm³/mol. The lowest BCUT2D eigenvalue weighted by molar-refractivity contribution is 0.123.